The van der Waals surface area contributed by atoms with Gasteiger partial charge in [-0.05, 0) is 19.1 Å². The zero-order chi connectivity index (χ0) is 17.3. The molecule has 0 saturated carbocycles. The maximum atomic E-state index is 12.6. The predicted octanol–water partition coefficient (Wildman–Crippen LogP) is 1.80. The molecule has 0 unspecified atom stereocenters. The van der Waals surface area contributed by atoms with Crippen LogP contribution in [0, 0.1) is 6.92 Å². The highest BCUT2D eigenvalue weighted by Crippen LogP contribution is 2.14. The fourth-order valence-electron chi connectivity index (χ4n) is 2.86. The van der Waals surface area contributed by atoms with E-state index in [1.165, 1.54) is 0 Å². The van der Waals surface area contributed by atoms with Gasteiger partial charge in [-0.15, -0.1) is 0 Å². The fourth-order valence-corrected chi connectivity index (χ4v) is 2.86. The van der Waals surface area contributed by atoms with Crippen LogP contribution < -0.4 is 0 Å². The van der Waals surface area contributed by atoms with E-state index in [1.54, 1.807) is 0 Å². The molecule has 0 N–H and O–H groups in total. The summed E-state index contributed by atoms with van der Waals surface area (Å²) in [5, 5.41) is 4.00. The first kappa shape index (κ1) is 16.7. The molecule has 2 aromatic heterocycles. The van der Waals surface area contributed by atoms with Crippen molar-refractivity contribution in [2.45, 2.75) is 33.2 Å². The maximum Gasteiger partial charge on any atom is 0.270 e. The van der Waals surface area contributed by atoms with Gasteiger partial charge in [0, 0.05) is 44.8 Å². The van der Waals surface area contributed by atoms with Crippen molar-refractivity contribution in [1.29, 1.82) is 0 Å². The summed E-state index contributed by atoms with van der Waals surface area (Å²) in [5.74, 6) is 1.77. The number of piperazine rings is 1. The first-order valence-electron chi connectivity index (χ1n) is 8.42. The smallest absolute Gasteiger partial charge is 0.270 e. The van der Waals surface area contributed by atoms with Crippen LogP contribution in [0.4, 0.5) is 0 Å². The molecule has 1 amide bonds. The largest absolute Gasteiger partial charge is 0.344 e. The summed E-state index contributed by atoms with van der Waals surface area (Å²) in [7, 11) is 1.93. The number of hydrogen-bond acceptors (Lipinski definition) is 5. The lowest BCUT2D eigenvalue weighted by Crippen LogP contribution is -2.48. The van der Waals surface area contributed by atoms with Gasteiger partial charge in [0.1, 0.15) is 5.69 Å². The van der Waals surface area contributed by atoms with Crippen LogP contribution in [-0.4, -0.2) is 56.6 Å². The lowest BCUT2D eigenvalue weighted by Gasteiger charge is -2.34. The molecule has 1 fully saturated rings. The summed E-state index contributed by atoms with van der Waals surface area (Å²) in [5.41, 5.74) is 1.84. The highest BCUT2D eigenvalue weighted by molar-refractivity contribution is 5.93. The Morgan fingerprint density at radius 3 is 2.50 bits per heavy atom. The fraction of sp³-hybridized carbons (Fsp3) is 0.588. The van der Waals surface area contributed by atoms with E-state index in [4.69, 9.17) is 4.52 Å². The van der Waals surface area contributed by atoms with Gasteiger partial charge in [0.05, 0.1) is 6.54 Å². The monoisotopic (exact) mass is 331 g/mol. The number of carbonyl (C=O) groups is 1. The molecule has 0 radical (unpaired) electrons. The van der Waals surface area contributed by atoms with Crippen LogP contribution in [0.5, 0.6) is 0 Å². The molecule has 0 atom stereocenters. The molecule has 0 aliphatic carbocycles. The lowest BCUT2D eigenvalue weighted by molar-refractivity contribution is 0.0605. The summed E-state index contributed by atoms with van der Waals surface area (Å²) >= 11 is 0. The van der Waals surface area contributed by atoms with Gasteiger partial charge in [0.2, 0.25) is 5.89 Å². The Morgan fingerprint density at radius 2 is 1.96 bits per heavy atom. The third-order valence-corrected chi connectivity index (χ3v) is 4.61. The number of aromatic nitrogens is 3. The molecule has 7 nitrogen and oxygen atoms in total. The number of carbonyl (C=O) groups excluding carboxylic acids is 1. The summed E-state index contributed by atoms with van der Waals surface area (Å²) in [6, 6.07) is 3.88. The Labute approximate surface area is 142 Å². The minimum atomic E-state index is 0.102. The summed E-state index contributed by atoms with van der Waals surface area (Å²) < 4.78 is 7.25. The van der Waals surface area contributed by atoms with Crippen molar-refractivity contribution in [3.63, 3.8) is 0 Å². The van der Waals surface area contributed by atoms with Crippen LogP contribution in [-0.2, 0) is 13.6 Å². The van der Waals surface area contributed by atoms with E-state index in [0.717, 1.165) is 30.3 Å². The van der Waals surface area contributed by atoms with Crippen molar-refractivity contribution in [1.82, 2.24) is 24.5 Å². The molecule has 1 saturated heterocycles. The molecule has 3 heterocycles. The third kappa shape index (κ3) is 3.36. The van der Waals surface area contributed by atoms with Gasteiger partial charge in [-0.3, -0.25) is 9.69 Å². The zero-order valence-corrected chi connectivity index (χ0v) is 14.8. The second-order valence-corrected chi connectivity index (χ2v) is 6.69. The van der Waals surface area contributed by atoms with E-state index >= 15 is 0 Å². The molecule has 0 spiro atoms. The van der Waals surface area contributed by atoms with Crippen LogP contribution in [0.3, 0.4) is 0 Å². The predicted molar refractivity (Wildman–Crippen MR) is 89.7 cm³/mol. The Morgan fingerprint density at radius 1 is 1.25 bits per heavy atom. The Hall–Kier alpha value is -2.15. The van der Waals surface area contributed by atoms with Crippen LogP contribution in [0.2, 0.25) is 0 Å². The van der Waals surface area contributed by atoms with Crippen molar-refractivity contribution in [2.75, 3.05) is 26.2 Å². The molecule has 1 aliphatic rings. The molecule has 130 valence electrons. The number of aryl methyl sites for hydroxylation is 1. The quantitative estimate of drug-likeness (QED) is 0.854. The second-order valence-electron chi connectivity index (χ2n) is 6.69. The third-order valence-electron chi connectivity index (χ3n) is 4.61. The second kappa shape index (κ2) is 6.76. The van der Waals surface area contributed by atoms with Gasteiger partial charge < -0.3 is 14.0 Å². The number of amides is 1. The highest BCUT2D eigenvalue weighted by atomic mass is 16.5. The van der Waals surface area contributed by atoms with E-state index in [2.05, 4.69) is 15.0 Å². The number of hydrogen-bond donors (Lipinski definition) is 0. The lowest BCUT2D eigenvalue weighted by atomic mass is 10.2. The molecule has 0 aromatic carbocycles. The van der Waals surface area contributed by atoms with E-state index in [9.17, 15) is 4.79 Å². The Balaban J connectivity index is 1.55. The minimum Gasteiger partial charge on any atom is -0.344 e. The summed E-state index contributed by atoms with van der Waals surface area (Å²) in [6.45, 7) is 9.80. The molecular weight excluding hydrogens is 306 g/mol. The van der Waals surface area contributed by atoms with Crippen LogP contribution in [0.15, 0.2) is 16.7 Å². The molecule has 7 heteroatoms. The average molecular weight is 331 g/mol. The molecule has 2 aromatic rings. The van der Waals surface area contributed by atoms with Crippen molar-refractivity contribution < 1.29 is 9.32 Å². The van der Waals surface area contributed by atoms with Crippen LogP contribution >= 0.6 is 0 Å². The first-order valence-corrected chi connectivity index (χ1v) is 8.42. The topological polar surface area (TPSA) is 67.4 Å². The summed E-state index contributed by atoms with van der Waals surface area (Å²) in [4.78, 5) is 21.2. The van der Waals surface area contributed by atoms with Gasteiger partial charge in [-0.25, -0.2) is 0 Å². The van der Waals surface area contributed by atoms with Gasteiger partial charge >= 0.3 is 0 Å². The molecule has 3 rings (SSSR count). The van der Waals surface area contributed by atoms with E-state index < -0.39 is 0 Å². The van der Waals surface area contributed by atoms with Crippen molar-refractivity contribution in [2.24, 2.45) is 7.05 Å². The SMILES string of the molecule is Cc1ccc(C(=O)N2CCN(Cc3nc(C(C)C)no3)CC2)n1C. The average Bonchev–Trinajstić information content (AvgIpc) is 3.16. The zero-order valence-electron chi connectivity index (χ0n) is 14.8. The van der Waals surface area contributed by atoms with Gasteiger partial charge in [-0.1, -0.05) is 19.0 Å². The van der Waals surface area contributed by atoms with Crippen LogP contribution in [0.25, 0.3) is 0 Å². The highest BCUT2D eigenvalue weighted by Gasteiger charge is 2.25. The molecule has 24 heavy (non-hydrogen) atoms. The van der Waals surface area contributed by atoms with Crippen molar-refractivity contribution in [3.05, 3.63) is 35.2 Å². The maximum absolute atomic E-state index is 12.6. The number of nitrogens with zero attached hydrogens (tertiary/aromatic N) is 5. The Kier molecular flexibility index (Phi) is 4.71. The van der Waals surface area contributed by atoms with Gasteiger partial charge in [-0.2, -0.15) is 4.98 Å². The van der Waals surface area contributed by atoms with Crippen molar-refractivity contribution in [3.8, 4) is 0 Å². The summed E-state index contributed by atoms with van der Waals surface area (Å²) in [6.07, 6.45) is 0. The Bertz CT molecular complexity index is 710. The first-order chi connectivity index (χ1) is 11.5. The van der Waals surface area contributed by atoms with Gasteiger partial charge in [0.25, 0.3) is 5.91 Å². The van der Waals surface area contributed by atoms with Crippen LogP contribution in [0.1, 0.15) is 47.7 Å². The van der Waals surface area contributed by atoms with E-state index in [-0.39, 0.29) is 11.8 Å². The van der Waals surface area contributed by atoms with E-state index in [0.29, 0.717) is 25.5 Å². The molecular formula is C17H25N5O2. The van der Waals surface area contributed by atoms with E-state index in [1.807, 2.05) is 49.4 Å². The molecule has 0 bridgehead atoms. The number of rotatable bonds is 4. The normalized spacial score (nSPS) is 16.1. The standard InChI is InChI=1S/C17H25N5O2/c1-12(2)16-18-15(24-19-16)11-21-7-9-22(10-8-21)17(23)14-6-5-13(3)20(14)4/h5-6,12H,7-11H2,1-4H3. The minimum absolute atomic E-state index is 0.102. The van der Waals surface area contributed by atoms with Gasteiger partial charge in [0.15, 0.2) is 5.82 Å². The van der Waals surface area contributed by atoms with Crippen molar-refractivity contribution >= 4 is 5.91 Å². The molecule has 1 aliphatic heterocycles.